The van der Waals surface area contributed by atoms with E-state index < -0.39 is 0 Å². The Labute approximate surface area is 151 Å². The smallest absolute Gasteiger partial charge is 0.155 e. The third-order valence-corrected chi connectivity index (χ3v) is 4.22. The van der Waals surface area contributed by atoms with Gasteiger partial charge in [0.2, 0.25) is 0 Å². The molecule has 2 heteroatoms. The van der Waals surface area contributed by atoms with Gasteiger partial charge in [-0.15, -0.1) is 0 Å². The predicted octanol–water partition coefficient (Wildman–Crippen LogP) is 6.04. The topological polar surface area (TPSA) is 30.0 Å². The summed E-state index contributed by atoms with van der Waals surface area (Å²) in [5.41, 5.74) is 6.84. The van der Waals surface area contributed by atoms with Gasteiger partial charge in [0.25, 0.3) is 0 Å². The molecule has 0 saturated heterocycles. The van der Waals surface area contributed by atoms with Crippen LogP contribution in [0.5, 0.6) is 0 Å². The predicted molar refractivity (Wildman–Crippen MR) is 106 cm³/mol. The summed E-state index contributed by atoms with van der Waals surface area (Å²) in [6.07, 6.45) is 5.97. The number of pyridine rings is 1. The van der Waals surface area contributed by atoms with E-state index in [0.717, 1.165) is 16.8 Å². The zero-order valence-corrected chi connectivity index (χ0v) is 15.8. The molecule has 0 fully saturated rings. The summed E-state index contributed by atoms with van der Waals surface area (Å²) in [6, 6.07) is 12.3. The minimum absolute atomic E-state index is 0.137. The SMILES string of the molecule is CCC(=O)/C=C/c1cccc(C(C)C)c1C(=C(C)C)c1ccccn1. The molecular weight excluding hydrogens is 306 g/mol. The van der Waals surface area contributed by atoms with E-state index in [1.54, 1.807) is 6.08 Å². The number of aromatic nitrogens is 1. The van der Waals surface area contributed by atoms with Gasteiger partial charge in [-0.3, -0.25) is 9.78 Å². The molecule has 2 rings (SSSR count). The Bertz CT molecular complexity index is 794. The molecular formula is C23H27NO. The van der Waals surface area contributed by atoms with Crippen LogP contribution in [0.2, 0.25) is 0 Å². The average Bonchev–Trinajstić information content (AvgIpc) is 2.60. The minimum atomic E-state index is 0.137. The number of hydrogen-bond acceptors (Lipinski definition) is 2. The summed E-state index contributed by atoms with van der Waals surface area (Å²) in [6.45, 7) is 10.5. The molecule has 0 bridgehead atoms. The molecule has 130 valence electrons. The Kier molecular flexibility index (Phi) is 6.46. The molecule has 0 radical (unpaired) electrons. The normalized spacial score (nSPS) is 11.1. The quantitative estimate of drug-likeness (QED) is 0.603. The third kappa shape index (κ3) is 4.54. The van der Waals surface area contributed by atoms with Gasteiger partial charge >= 0.3 is 0 Å². The van der Waals surface area contributed by atoms with Crippen LogP contribution in [-0.2, 0) is 4.79 Å². The summed E-state index contributed by atoms with van der Waals surface area (Å²) in [7, 11) is 0. The molecule has 0 aliphatic heterocycles. The lowest BCUT2D eigenvalue weighted by Gasteiger charge is -2.20. The second-order valence-corrected chi connectivity index (χ2v) is 6.71. The van der Waals surface area contributed by atoms with E-state index in [9.17, 15) is 4.79 Å². The largest absolute Gasteiger partial charge is 0.295 e. The molecule has 1 heterocycles. The van der Waals surface area contributed by atoms with Crippen LogP contribution in [0.25, 0.3) is 11.6 Å². The number of nitrogens with zero attached hydrogens (tertiary/aromatic N) is 1. The molecule has 0 atom stereocenters. The first-order valence-corrected chi connectivity index (χ1v) is 8.88. The van der Waals surface area contributed by atoms with Gasteiger partial charge in [0.15, 0.2) is 5.78 Å². The fraction of sp³-hybridized carbons (Fsp3) is 0.304. The maximum absolute atomic E-state index is 11.8. The van der Waals surface area contributed by atoms with Crippen LogP contribution in [-0.4, -0.2) is 10.8 Å². The number of hydrogen-bond donors (Lipinski definition) is 0. The summed E-state index contributed by atoms with van der Waals surface area (Å²) < 4.78 is 0. The molecule has 2 nitrogen and oxygen atoms in total. The van der Waals surface area contributed by atoms with E-state index in [1.165, 1.54) is 16.7 Å². The van der Waals surface area contributed by atoms with Gasteiger partial charge < -0.3 is 0 Å². The Morgan fingerprint density at radius 1 is 1.12 bits per heavy atom. The van der Waals surface area contributed by atoms with Crippen molar-refractivity contribution in [3.05, 3.63) is 76.6 Å². The van der Waals surface area contributed by atoms with Crippen molar-refractivity contribution < 1.29 is 4.79 Å². The number of benzene rings is 1. The molecule has 0 aliphatic rings. The first kappa shape index (κ1) is 18.9. The van der Waals surface area contributed by atoms with Crippen LogP contribution in [0.1, 0.15) is 69.3 Å². The molecule has 0 saturated carbocycles. The second-order valence-electron chi connectivity index (χ2n) is 6.71. The van der Waals surface area contributed by atoms with Crippen LogP contribution < -0.4 is 0 Å². The Morgan fingerprint density at radius 2 is 1.88 bits per heavy atom. The molecule has 2 aromatic rings. The molecule has 1 aromatic heterocycles. The van der Waals surface area contributed by atoms with Gasteiger partial charge in [0, 0.05) is 18.2 Å². The average molecular weight is 333 g/mol. The van der Waals surface area contributed by atoms with E-state index in [-0.39, 0.29) is 5.78 Å². The first-order chi connectivity index (χ1) is 12.0. The van der Waals surface area contributed by atoms with Crippen molar-refractivity contribution in [2.45, 2.75) is 47.0 Å². The van der Waals surface area contributed by atoms with Crippen LogP contribution in [0, 0.1) is 0 Å². The van der Waals surface area contributed by atoms with Gasteiger partial charge in [0.05, 0.1) is 5.69 Å². The van der Waals surface area contributed by atoms with E-state index in [1.807, 2.05) is 37.4 Å². The summed E-state index contributed by atoms with van der Waals surface area (Å²) in [5.74, 6) is 0.515. The zero-order chi connectivity index (χ0) is 18.4. The highest BCUT2D eigenvalue weighted by molar-refractivity contribution is 5.95. The maximum Gasteiger partial charge on any atom is 0.155 e. The van der Waals surface area contributed by atoms with Crippen molar-refractivity contribution in [2.75, 3.05) is 0 Å². The van der Waals surface area contributed by atoms with Crippen molar-refractivity contribution in [1.29, 1.82) is 0 Å². The summed E-state index contributed by atoms with van der Waals surface area (Å²) in [5, 5.41) is 0. The van der Waals surface area contributed by atoms with E-state index in [0.29, 0.717) is 12.3 Å². The Morgan fingerprint density at radius 3 is 2.44 bits per heavy atom. The molecule has 0 aliphatic carbocycles. The number of carbonyl (C=O) groups is 1. The molecule has 0 N–H and O–H groups in total. The Balaban J connectivity index is 2.74. The molecule has 1 aromatic carbocycles. The van der Waals surface area contributed by atoms with Crippen molar-refractivity contribution in [3.8, 4) is 0 Å². The van der Waals surface area contributed by atoms with Gasteiger partial charge in [-0.2, -0.15) is 0 Å². The number of ketones is 1. The summed E-state index contributed by atoms with van der Waals surface area (Å²) >= 11 is 0. The highest BCUT2D eigenvalue weighted by atomic mass is 16.1. The van der Waals surface area contributed by atoms with Gasteiger partial charge in [-0.1, -0.05) is 56.7 Å². The van der Waals surface area contributed by atoms with Crippen LogP contribution >= 0.6 is 0 Å². The summed E-state index contributed by atoms with van der Waals surface area (Å²) in [4.78, 5) is 16.4. The van der Waals surface area contributed by atoms with Gasteiger partial charge in [-0.05, 0) is 54.7 Å². The van der Waals surface area contributed by atoms with Crippen LogP contribution in [0.3, 0.4) is 0 Å². The lowest BCUT2D eigenvalue weighted by molar-refractivity contribution is -0.114. The highest BCUT2D eigenvalue weighted by Crippen LogP contribution is 2.35. The third-order valence-electron chi connectivity index (χ3n) is 4.22. The van der Waals surface area contributed by atoms with Crippen molar-refractivity contribution in [3.63, 3.8) is 0 Å². The fourth-order valence-corrected chi connectivity index (χ4v) is 2.94. The number of carbonyl (C=O) groups excluding carboxylic acids is 1. The minimum Gasteiger partial charge on any atom is -0.295 e. The lowest BCUT2D eigenvalue weighted by atomic mass is 9.85. The van der Waals surface area contributed by atoms with Crippen molar-refractivity contribution in [1.82, 2.24) is 4.98 Å². The van der Waals surface area contributed by atoms with Crippen LogP contribution in [0.4, 0.5) is 0 Å². The van der Waals surface area contributed by atoms with E-state index >= 15 is 0 Å². The number of allylic oxidation sites excluding steroid dienone is 2. The van der Waals surface area contributed by atoms with Gasteiger partial charge in [-0.25, -0.2) is 0 Å². The van der Waals surface area contributed by atoms with E-state index in [2.05, 4.69) is 50.9 Å². The highest BCUT2D eigenvalue weighted by Gasteiger charge is 2.17. The fourth-order valence-electron chi connectivity index (χ4n) is 2.94. The monoisotopic (exact) mass is 333 g/mol. The molecule has 0 spiro atoms. The number of rotatable bonds is 6. The molecule has 0 amide bonds. The van der Waals surface area contributed by atoms with E-state index in [4.69, 9.17) is 0 Å². The van der Waals surface area contributed by atoms with Gasteiger partial charge in [0.1, 0.15) is 0 Å². The van der Waals surface area contributed by atoms with Crippen molar-refractivity contribution >= 4 is 17.4 Å². The second kappa shape index (κ2) is 8.57. The maximum atomic E-state index is 11.8. The lowest BCUT2D eigenvalue weighted by Crippen LogP contribution is -2.03. The van der Waals surface area contributed by atoms with Crippen molar-refractivity contribution in [2.24, 2.45) is 0 Å². The van der Waals surface area contributed by atoms with Crippen LogP contribution in [0.15, 0.2) is 54.2 Å². The zero-order valence-electron chi connectivity index (χ0n) is 15.8. The Hall–Kier alpha value is -2.48. The first-order valence-electron chi connectivity index (χ1n) is 8.88. The molecule has 25 heavy (non-hydrogen) atoms. The standard InChI is InChI=1S/C23H27NO/c1-6-19(25)14-13-18-10-9-11-20(16(2)3)23(18)22(17(4)5)21-12-7-8-15-24-21/h7-16H,6H2,1-5H3/b14-13+. The molecule has 0 unspecified atom stereocenters.